The maximum absolute atomic E-state index is 12.5. The summed E-state index contributed by atoms with van der Waals surface area (Å²) in [6, 6.07) is 20.5. The third kappa shape index (κ3) is 2.44. The molecule has 0 N–H and O–H groups in total. The molecule has 5 heteroatoms. The van der Waals surface area contributed by atoms with Crippen LogP contribution in [0.25, 0.3) is 44.4 Å². The van der Waals surface area contributed by atoms with Crippen molar-refractivity contribution in [3.63, 3.8) is 0 Å². The summed E-state index contributed by atoms with van der Waals surface area (Å²) in [5.74, 6) is 1.32. The molecule has 5 nitrogen and oxygen atoms in total. The van der Waals surface area contributed by atoms with Crippen LogP contribution in [0.4, 0.5) is 0 Å². The predicted octanol–water partition coefficient (Wildman–Crippen LogP) is 5.47. The highest BCUT2D eigenvalue weighted by atomic mass is 17.0. The molecule has 0 fully saturated rings. The number of rotatable bonds is 3. The largest absolute Gasteiger partial charge is 0.497 e. The van der Waals surface area contributed by atoms with Gasteiger partial charge in [0.15, 0.2) is 11.3 Å². The topological polar surface area (TPSA) is 65.7 Å². The Hall–Kier alpha value is -3.73. The van der Waals surface area contributed by atoms with Crippen LogP contribution in [-0.2, 0) is 0 Å². The van der Waals surface area contributed by atoms with Gasteiger partial charge < -0.3 is 9.15 Å². The van der Waals surface area contributed by atoms with E-state index in [2.05, 4.69) is 0 Å². The SMILES string of the molecule is COc1ccc(-c2c(=O)oc3cc4c(-c5ccccc5)ooc4cc23)cc1. The van der Waals surface area contributed by atoms with Crippen LogP contribution in [0.5, 0.6) is 5.75 Å². The molecule has 0 saturated carbocycles. The minimum atomic E-state index is -0.388. The van der Waals surface area contributed by atoms with Gasteiger partial charge in [-0.15, -0.1) is 0 Å². The van der Waals surface area contributed by atoms with E-state index in [4.69, 9.17) is 18.3 Å². The Bertz CT molecular complexity index is 1300. The molecule has 0 aliphatic heterocycles. The molecule has 0 amide bonds. The van der Waals surface area contributed by atoms with E-state index in [-0.39, 0.29) is 5.63 Å². The zero-order valence-electron chi connectivity index (χ0n) is 14.4. The van der Waals surface area contributed by atoms with Gasteiger partial charge in [-0.1, -0.05) is 42.5 Å². The lowest BCUT2D eigenvalue weighted by Crippen LogP contribution is -1.95. The highest BCUT2D eigenvalue weighted by molar-refractivity contribution is 6.04. The molecule has 0 radical (unpaired) electrons. The van der Waals surface area contributed by atoms with Gasteiger partial charge in [0.25, 0.3) is 0 Å². The standard InChI is InChI=1S/C22H14O5/c1-24-15-9-7-13(8-10-15)20-16-11-19-17(12-18(16)25-22(20)23)21(27-26-19)14-5-3-2-4-6-14/h2-12H,1H3. The molecular formula is C22H14O5. The van der Waals surface area contributed by atoms with Crippen LogP contribution in [0.2, 0.25) is 0 Å². The van der Waals surface area contributed by atoms with Gasteiger partial charge in [-0.3, -0.25) is 9.15 Å². The number of hydrogen-bond acceptors (Lipinski definition) is 5. The summed E-state index contributed by atoms with van der Waals surface area (Å²) in [5, 5.41) is 1.44. The first kappa shape index (κ1) is 15.5. The van der Waals surface area contributed by atoms with Crippen molar-refractivity contribution in [2.75, 3.05) is 7.11 Å². The summed E-state index contributed by atoms with van der Waals surface area (Å²) >= 11 is 0. The van der Waals surface area contributed by atoms with Crippen LogP contribution in [0.1, 0.15) is 0 Å². The third-order valence-corrected chi connectivity index (χ3v) is 4.63. The van der Waals surface area contributed by atoms with Gasteiger partial charge in [-0.25, -0.2) is 4.79 Å². The number of benzene rings is 3. The quantitative estimate of drug-likeness (QED) is 0.400. The maximum Gasteiger partial charge on any atom is 0.344 e. The second-order valence-electron chi connectivity index (χ2n) is 6.20. The highest BCUT2D eigenvalue weighted by Gasteiger charge is 2.19. The van der Waals surface area contributed by atoms with E-state index < -0.39 is 0 Å². The molecule has 132 valence electrons. The fraction of sp³-hybridized carbons (Fsp3) is 0.0455. The molecule has 0 bridgehead atoms. The second kappa shape index (κ2) is 5.92. The van der Waals surface area contributed by atoms with Crippen LogP contribution in [0.15, 0.2) is 85.1 Å². The molecule has 0 aliphatic rings. The molecule has 0 spiro atoms. The van der Waals surface area contributed by atoms with Crippen LogP contribution in [0, 0.1) is 0 Å². The summed E-state index contributed by atoms with van der Waals surface area (Å²) in [4.78, 5) is 12.5. The summed E-state index contributed by atoms with van der Waals surface area (Å²) in [5.41, 5.74) is 2.79. The molecule has 0 unspecified atom stereocenters. The molecule has 2 aromatic heterocycles. The summed E-state index contributed by atoms with van der Waals surface area (Å²) in [6.07, 6.45) is 0. The van der Waals surface area contributed by atoms with Gasteiger partial charge in [0.1, 0.15) is 11.3 Å². The van der Waals surface area contributed by atoms with Crippen LogP contribution < -0.4 is 10.4 Å². The van der Waals surface area contributed by atoms with Crippen molar-refractivity contribution in [3.8, 4) is 28.2 Å². The number of fused-ring (bicyclic) bond motifs is 2. The van der Waals surface area contributed by atoms with E-state index in [0.717, 1.165) is 22.3 Å². The van der Waals surface area contributed by atoms with Gasteiger partial charge >= 0.3 is 5.63 Å². The smallest absolute Gasteiger partial charge is 0.344 e. The number of methoxy groups -OCH3 is 1. The first-order valence-electron chi connectivity index (χ1n) is 8.44. The zero-order valence-corrected chi connectivity index (χ0v) is 14.4. The summed E-state index contributed by atoms with van der Waals surface area (Å²) in [6.45, 7) is 0. The molecular weight excluding hydrogens is 344 g/mol. The molecule has 0 atom stereocenters. The van der Waals surface area contributed by atoms with E-state index in [1.165, 1.54) is 0 Å². The lowest BCUT2D eigenvalue weighted by molar-refractivity contribution is 0.0866. The molecule has 5 rings (SSSR count). The molecule has 0 saturated heterocycles. The highest BCUT2D eigenvalue weighted by Crippen LogP contribution is 2.36. The Morgan fingerprint density at radius 1 is 0.778 bits per heavy atom. The number of ether oxygens (including phenoxy) is 1. The average molecular weight is 358 g/mol. The van der Waals surface area contributed by atoms with E-state index >= 15 is 0 Å². The Labute approximate surface area is 153 Å². The normalized spacial score (nSPS) is 11.3. The van der Waals surface area contributed by atoms with Gasteiger partial charge in [-0.2, -0.15) is 0 Å². The van der Waals surface area contributed by atoms with Gasteiger partial charge in [0, 0.05) is 10.9 Å². The maximum atomic E-state index is 12.5. The van der Waals surface area contributed by atoms with Crippen molar-refractivity contribution in [1.29, 1.82) is 0 Å². The fourth-order valence-electron chi connectivity index (χ4n) is 3.30. The van der Waals surface area contributed by atoms with E-state index in [1.807, 2.05) is 54.6 Å². The first-order valence-corrected chi connectivity index (χ1v) is 8.44. The minimum absolute atomic E-state index is 0.388. The number of furan rings is 1. The van der Waals surface area contributed by atoms with E-state index in [0.29, 0.717) is 27.9 Å². The zero-order chi connectivity index (χ0) is 18.4. The Morgan fingerprint density at radius 3 is 2.26 bits per heavy atom. The molecule has 2 heterocycles. The van der Waals surface area contributed by atoms with Crippen LogP contribution >= 0.6 is 0 Å². The summed E-state index contributed by atoms with van der Waals surface area (Å²) < 4.78 is 21.5. The average Bonchev–Trinajstić information content (AvgIpc) is 3.26. The van der Waals surface area contributed by atoms with Crippen molar-refractivity contribution in [2.24, 2.45) is 0 Å². The van der Waals surface area contributed by atoms with E-state index in [9.17, 15) is 4.79 Å². The van der Waals surface area contributed by atoms with Gasteiger partial charge in [0.05, 0.1) is 18.1 Å². The minimum Gasteiger partial charge on any atom is -0.497 e. The number of hydrogen-bond donors (Lipinski definition) is 0. The molecule has 5 aromatic rings. The lowest BCUT2D eigenvalue weighted by Gasteiger charge is -2.01. The van der Waals surface area contributed by atoms with Gasteiger partial charge in [0.2, 0.25) is 0 Å². The van der Waals surface area contributed by atoms with Crippen molar-refractivity contribution < 1.29 is 18.3 Å². The third-order valence-electron chi connectivity index (χ3n) is 4.63. The van der Waals surface area contributed by atoms with Crippen molar-refractivity contribution in [3.05, 3.63) is 77.2 Å². The van der Waals surface area contributed by atoms with E-state index in [1.54, 1.807) is 19.2 Å². The van der Waals surface area contributed by atoms with Crippen molar-refractivity contribution >= 4 is 21.9 Å². The van der Waals surface area contributed by atoms with Crippen molar-refractivity contribution in [1.82, 2.24) is 0 Å². The van der Waals surface area contributed by atoms with Crippen LogP contribution in [-0.4, -0.2) is 7.11 Å². The van der Waals surface area contributed by atoms with Gasteiger partial charge in [-0.05, 0) is 29.8 Å². The lowest BCUT2D eigenvalue weighted by atomic mass is 10.0. The Balaban J connectivity index is 1.73. The molecule has 0 aliphatic carbocycles. The first-order chi connectivity index (χ1) is 13.2. The van der Waals surface area contributed by atoms with Crippen molar-refractivity contribution in [2.45, 2.75) is 0 Å². The van der Waals surface area contributed by atoms with Crippen LogP contribution in [0.3, 0.4) is 0 Å². The predicted molar refractivity (Wildman–Crippen MR) is 102 cm³/mol. The molecule has 3 aromatic carbocycles. The molecule has 27 heavy (non-hydrogen) atoms. The fourth-order valence-corrected chi connectivity index (χ4v) is 3.30. The Kier molecular flexibility index (Phi) is 3.40. The summed E-state index contributed by atoms with van der Waals surface area (Å²) in [7, 11) is 1.60. The second-order valence-corrected chi connectivity index (χ2v) is 6.20. The Morgan fingerprint density at radius 2 is 1.52 bits per heavy atom. The monoisotopic (exact) mass is 358 g/mol.